The summed E-state index contributed by atoms with van der Waals surface area (Å²) in [5.74, 6) is -0.140. The fourth-order valence-corrected chi connectivity index (χ4v) is 4.17. The SMILES string of the molecule is Cc1cc(C(=O)Cn2c(C)nc3sc(-c4ccccc4)cc3c2=O)ccc1F. The van der Waals surface area contributed by atoms with Crippen LogP contribution in [0.4, 0.5) is 4.39 Å². The van der Waals surface area contributed by atoms with Gasteiger partial charge in [-0.05, 0) is 49.2 Å². The van der Waals surface area contributed by atoms with Gasteiger partial charge < -0.3 is 0 Å². The largest absolute Gasteiger partial charge is 0.292 e. The predicted octanol–water partition coefficient (Wildman–Crippen LogP) is 4.76. The number of nitrogens with zero attached hydrogens (tertiary/aromatic N) is 2. The smallest absolute Gasteiger partial charge is 0.262 e. The highest BCUT2D eigenvalue weighted by atomic mass is 32.1. The molecule has 140 valence electrons. The lowest BCUT2D eigenvalue weighted by Crippen LogP contribution is -2.27. The lowest BCUT2D eigenvalue weighted by molar-refractivity contribution is 0.0969. The first-order chi connectivity index (χ1) is 13.4. The van der Waals surface area contributed by atoms with Gasteiger partial charge in [-0.15, -0.1) is 11.3 Å². The van der Waals surface area contributed by atoms with Crippen molar-refractivity contribution in [2.45, 2.75) is 20.4 Å². The van der Waals surface area contributed by atoms with Crippen LogP contribution in [0, 0.1) is 19.7 Å². The highest BCUT2D eigenvalue weighted by Gasteiger charge is 2.16. The predicted molar refractivity (Wildman–Crippen MR) is 110 cm³/mol. The van der Waals surface area contributed by atoms with Crippen molar-refractivity contribution in [3.63, 3.8) is 0 Å². The molecular weight excluding hydrogens is 375 g/mol. The lowest BCUT2D eigenvalue weighted by atomic mass is 10.1. The summed E-state index contributed by atoms with van der Waals surface area (Å²) in [6.07, 6.45) is 0. The lowest BCUT2D eigenvalue weighted by Gasteiger charge is -2.09. The molecule has 4 aromatic rings. The molecule has 2 aromatic heterocycles. The molecule has 0 spiro atoms. The monoisotopic (exact) mass is 392 g/mol. The van der Waals surface area contributed by atoms with Gasteiger partial charge >= 0.3 is 0 Å². The summed E-state index contributed by atoms with van der Waals surface area (Å²) in [6.45, 7) is 3.19. The van der Waals surface area contributed by atoms with Gasteiger partial charge in [0.25, 0.3) is 5.56 Å². The van der Waals surface area contributed by atoms with Crippen LogP contribution < -0.4 is 5.56 Å². The molecule has 0 fully saturated rings. The third-order valence-electron chi connectivity index (χ3n) is 4.68. The van der Waals surface area contributed by atoms with E-state index < -0.39 is 0 Å². The third-order valence-corrected chi connectivity index (χ3v) is 5.76. The van der Waals surface area contributed by atoms with E-state index in [9.17, 15) is 14.0 Å². The van der Waals surface area contributed by atoms with E-state index in [-0.39, 0.29) is 23.7 Å². The van der Waals surface area contributed by atoms with Gasteiger partial charge in [-0.1, -0.05) is 30.3 Å². The zero-order valence-corrected chi connectivity index (χ0v) is 16.2. The molecule has 0 unspecified atom stereocenters. The Bertz CT molecular complexity index is 1260. The summed E-state index contributed by atoms with van der Waals surface area (Å²) < 4.78 is 14.8. The number of aryl methyl sites for hydroxylation is 2. The molecule has 0 saturated heterocycles. The first kappa shape index (κ1) is 18.3. The molecule has 4 nitrogen and oxygen atoms in total. The van der Waals surface area contributed by atoms with Gasteiger partial charge in [-0.3, -0.25) is 14.2 Å². The maximum Gasteiger partial charge on any atom is 0.262 e. The number of rotatable bonds is 4. The van der Waals surface area contributed by atoms with Crippen molar-refractivity contribution in [2.24, 2.45) is 0 Å². The zero-order valence-electron chi connectivity index (χ0n) is 15.4. The molecule has 0 aliphatic rings. The van der Waals surface area contributed by atoms with Crippen LogP contribution in [-0.4, -0.2) is 15.3 Å². The van der Waals surface area contributed by atoms with E-state index in [1.165, 1.54) is 34.1 Å². The highest BCUT2D eigenvalue weighted by Crippen LogP contribution is 2.30. The van der Waals surface area contributed by atoms with Crippen molar-refractivity contribution >= 4 is 27.3 Å². The first-order valence-corrected chi connectivity index (χ1v) is 9.61. The van der Waals surface area contributed by atoms with Gasteiger partial charge in [0.2, 0.25) is 0 Å². The number of ketones is 1. The fraction of sp³-hybridized carbons (Fsp3) is 0.136. The molecule has 0 aliphatic carbocycles. The van der Waals surface area contributed by atoms with Crippen LogP contribution in [0.3, 0.4) is 0 Å². The average molecular weight is 392 g/mol. The summed E-state index contributed by atoms with van der Waals surface area (Å²) in [5, 5.41) is 0.498. The number of aromatic nitrogens is 2. The summed E-state index contributed by atoms with van der Waals surface area (Å²) in [4.78, 5) is 31.8. The molecule has 0 N–H and O–H groups in total. The van der Waals surface area contributed by atoms with Crippen LogP contribution >= 0.6 is 11.3 Å². The molecule has 0 radical (unpaired) electrons. The van der Waals surface area contributed by atoms with Crippen molar-refractivity contribution in [1.82, 2.24) is 9.55 Å². The van der Waals surface area contributed by atoms with Crippen LogP contribution in [0.15, 0.2) is 59.4 Å². The number of carbonyl (C=O) groups is 1. The number of benzene rings is 2. The number of carbonyl (C=O) groups excluding carboxylic acids is 1. The number of fused-ring (bicyclic) bond motifs is 1. The Balaban J connectivity index is 1.74. The van der Waals surface area contributed by atoms with E-state index in [2.05, 4.69) is 4.98 Å². The summed E-state index contributed by atoms with van der Waals surface area (Å²) in [5.41, 5.74) is 1.55. The second-order valence-corrected chi connectivity index (χ2v) is 7.66. The van der Waals surface area contributed by atoms with Crippen molar-refractivity contribution in [3.05, 3.63) is 87.7 Å². The Hall–Kier alpha value is -3.12. The average Bonchev–Trinajstić information content (AvgIpc) is 3.12. The minimum Gasteiger partial charge on any atom is -0.292 e. The van der Waals surface area contributed by atoms with E-state index in [0.717, 1.165) is 10.4 Å². The Kier molecular flexibility index (Phi) is 4.65. The van der Waals surface area contributed by atoms with Gasteiger partial charge in [-0.2, -0.15) is 0 Å². The Labute approximate surface area is 164 Å². The molecular formula is C22H17FN2O2S. The normalized spacial score (nSPS) is 11.1. The van der Waals surface area contributed by atoms with E-state index in [1.54, 1.807) is 13.8 Å². The molecule has 28 heavy (non-hydrogen) atoms. The maximum absolute atomic E-state index is 13.5. The van der Waals surface area contributed by atoms with Gasteiger partial charge in [0.15, 0.2) is 5.78 Å². The van der Waals surface area contributed by atoms with Crippen LogP contribution in [0.2, 0.25) is 0 Å². The number of Topliss-reactive ketones (excluding diaryl/α,β-unsaturated/α-hetero) is 1. The van der Waals surface area contributed by atoms with E-state index >= 15 is 0 Å². The summed E-state index contributed by atoms with van der Waals surface area (Å²) in [7, 11) is 0. The second kappa shape index (κ2) is 7.13. The number of hydrogen-bond acceptors (Lipinski definition) is 4. The molecule has 0 bridgehead atoms. The number of halogens is 1. The summed E-state index contributed by atoms with van der Waals surface area (Å²) >= 11 is 1.46. The van der Waals surface area contributed by atoms with Crippen molar-refractivity contribution in [2.75, 3.05) is 0 Å². The molecule has 0 saturated carbocycles. The quantitative estimate of drug-likeness (QED) is 0.470. The van der Waals surface area contributed by atoms with Gasteiger partial charge in [0.1, 0.15) is 16.5 Å². The molecule has 2 aromatic carbocycles. The molecule has 4 rings (SSSR count). The highest BCUT2D eigenvalue weighted by molar-refractivity contribution is 7.21. The van der Waals surface area contributed by atoms with Crippen LogP contribution in [-0.2, 0) is 6.54 Å². The van der Waals surface area contributed by atoms with Crippen molar-refractivity contribution in [1.29, 1.82) is 0 Å². The first-order valence-electron chi connectivity index (χ1n) is 8.80. The Morgan fingerprint density at radius 3 is 2.57 bits per heavy atom. The van der Waals surface area contributed by atoms with Crippen molar-refractivity contribution in [3.8, 4) is 10.4 Å². The molecule has 2 heterocycles. The zero-order chi connectivity index (χ0) is 19.8. The molecule has 0 amide bonds. The molecule has 6 heteroatoms. The van der Waals surface area contributed by atoms with E-state index in [4.69, 9.17) is 0 Å². The topological polar surface area (TPSA) is 52.0 Å². The van der Waals surface area contributed by atoms with Crippen LogP contribution in [0.1, 0.15) is 21.7 Å². The Morgan fingerprint density at radius 1 is 1.11 bits per heavy atom. The second-order valence-electron chi connectivity index (χ2n) is 6.63. The van der Waals surface area contributed by atoms with Crippen LogP contribution in [0.5, 0.6) is 0 Å². The standard InChI is InChI=1S/C22H17FN2O2S/c1-13-10-16(8-9-18(13)23)19(26)12-25-14(2)24-21-17(22(25)27)11-20(28-21)15-6-4-3-5-7-15/h3-11H,12H2,1-2H3. The minimum atomic E-state index is -0.361. The fourth-order valence-electron chi connectivity index (χ4n) is 3.10. The number of hydrogen-bond donors (Lipinski definition) is 0. The molecule has 0 aliphatic heterocycles. The van der Waals surface area contributed by atoms with Gasteiger partial charge in [0.05, 0.1) is 11.9 Å². The summed E-state index contributed by atoms with van der Waals surface area (Å²) in [6, 6.07) is 15.8. The number of thiophene rings is 1. The van der Waals surface area contributed by atoms with Gasteiger partial charge in [0, 0.05) is 10.4 Å². The maximum atomic E-state index is 13.5. The molecule has 0 atom stereocenters. The van der Waals surface area contributed by atoms with E-state index in [0.29, 0.717) is 27.2 Å². The van der Waals surface area contributed by atoms with Crippen molar-refractivity contribution < 1.29 is 9.18 Å². The van der Waals surface area contributed by atoms with Gasteiger partial charge in [-0.25, -0.2) is 9.37 Å². The Morgan fingerprint density at radius 2 is 1.86 bits per heavy atom. The minimum absolute atomic E-state index is 0.130. The third kappa shape index (κ3) is 3.27. The van der Waals surface area contributed by atoms with Crippen LogP contribution in [0.25, 0.3) is 20.7 Å². The van der Waals surface area contributed by atoms with E-state index in [1.807, 2.05) is 36.4 Å².